The van der Waals surface area contributed by atoms with Gasteiger partial charge in [0.25, 0.3) is 0 Å². The van der Waals surface area contributed by atoms with E-state index in [4.69, 9.17) is 14.2 Å². The van der Waals surface area contributed by atoms with Gasteiger partial charge < -0.3 is 39.8 Å². The molecular weight excluding hydrogens is 608 g/mol. The molecule has 1 aromatic carbocycles. The van der Waals surface area contributed by atoms with Crippen molar-refractivity contribution < 1.29 is 43.3 Å². The van der Waals surface area contributed by atoms with E-state index in [2.05, 4.69) is 10.6 Å². The van der Waals surface area contributed by atoms with Gasteiger partial charge in [-0.3, -0.25) is 9.59 Å². The number of hydrogen-bond donors (Lipinski definition) is 3. The molecule has 13 heteroatoms. The molecule has 4 amide bonds. The monoisotopic (exact) mass is 654 g/mol. The van der Waals surface area contributed by atoms with Crippen LogP contribution in [-0.4, -0.2) is 101 Å². The molecule has 5 atom stereocenters. The Morgan fingerprint density at radius 1 is 0.936 bits per heavy atom. The molecule has 0 radical (unpaired) electrons. The van der Waals surface area contributed by atoms with Gasteiger partial charge in [0.05, 0.1) is 19.8 Å². The van der Waals surface area contributed by atoms with Crippen molar-refractivity contribution in [2.45, 2.75) is 113 Å². The molecule has 256 valence electrons. The number of alkyl carbamates (subject to hydrolysis) is 1. The number of carboxylic acid groups (broad SMARTS) is 1. The van der Waals surface area contributed by atoms with Crippen molar-refractivity contribution in [3.05, 3.63) is 35.4 Å². The molecule has 47 heavy (non-hydrogen) atoms. The van der Waals surface area contributed by atoms with Crippen LogP contribution in [0.15, 0.2) is 24.3 Å². The number of carbonyl (C=O) groups excluding carboxylic acids is 4. The minimum absolute atomic E-state index is 0.0212. The van der Waals surface area contributed by atoms with E-state index < -0.39 is 53.7 Å². The highest BCUT2D eigenvalue weighted by Crippen LogP contribution is 2.47. The van der Waals surface area contributed by atoms with Gasteiger partial charge in [0.2, 0.25) is 11.8 Å². The molecular formula is C34H46N4O9. The van der Waals surface area contributed by atoms with Crippen LogP contribution < -0.4 is 10.6 Å². The summed E-state index contributed by atoms with van der Waals surface area (Å²) in [4.78, 5) is 69.7. The molecule has 4 aliphatic heterocycles. The summed E-state index contributed by atoms with van der Waals surface area (Å²) in [5.41, 5.74) is 0.863. The topological polar surface area (TPSA) is 164 Å². The predicted octanol–water partition coefficient (Wildman–Crippen LogP) is 3.13. The fourth-order valence-electron chi connectivity index (χ4n) is 7.54. The second-order valence-electron chi connectivity index (χ2n) is 13.6. The van der Waals surface area contributed by atoms with E-state index in [0.29, 0.717) is 71.2 Å². The normalized spacial score (nSPS) is 30.4. The van der Waals surface area contributed by atoms with Gasteiger partial charge in [-0.2, -0.15) is 0 Å². The fourth-order valence-corrected chi connectivity index (χ4v) is 7.54. The lowest BCUT2D eigenvalue weighted by Crippen LogP contribution is -2.56. The summed E-state index contributed by atoms with van der Waals surface area (Å²) in [5, 5.41) is 15.7. The molecule has 4 fully saturated rings. The van der Waals surface area contributed by atoms with Gasteiger partial charge in [0.1, 0.15) is 29.8 Å². The first-order chi connectivity index (χ1) is 22.7. The second-order valence-corrected chi connectivity index (χ2v) is 13.6. The molecule has 5 aliphatic rings. The predicted molar refractivity (Wildman–Crippen MR) is 167 cm³/mol. The van der Waals surface area contributed by atoms with Crippen LogP contribution in [0.4, 0.5) is 9.59 Å². The quantitative estimate of drug-likeness (QED) is 0.443. The molecule has 1 aromatic rings. The number of carboxylic acids is 1. The Morgan fingerprint density at radius 2 is 1.66 bits per heavy atom. The zero-order valence-electron chi connectivity index (χ0n) is 26.8. The van der Waals surface area contributed by atoms with Crippen molar-refractivity contribution in [3.8, 4) is 0 Å². The lowest BCUT2D eigenvalue weighted by atomic mass is 10.0. The van der Waals surface area contributed by atoms with Crippen LogP contribution in [0.3, 0.4) is 0 Å². The van der Waals surface area contributed by atoms with Gasteiger partial charge >= 0.3 is 18.2 Å². The van der Waals surface area contributed by atoms with E-state index in [0.717, 1.165) is 31.2 Å². The summed E-state index contributed by atoms with van der Waals surface area (Å²) in [7, 11) is 0. The van der Waals surface area contributed by atoms with Crippen molar-refractivity contribution >= 4 is 30.0 Å². The van der Waals surface area contributed by atoms with Crippen LogP contribution in [0, 0.1) is 5.92 Å². The summed E-state index contributed by atoms with van der Waals surface area (Å²) in [6, 6.07) is 5.90. The molecule has 3 N–H and O–H groups in total. The molecule has 0 unspecified atom stereocenters. The number of amides is 4. The molecule has 1 aliphatic carbocycles. The molecule has 1 saturated carbocycles. The average molecular weight is 655 g/mol. The van der Waals surface area contributed by atoms with Crippen molar-refractivity contribution in [2.24, 2.45) is 5.92 Å². The number of aliphatic carboxylic acids is 1. The standard InChI is InChI=1S/C34H46N4O9/c39-29-28-18-26(47-33(44)37-15-12-22-8-6-7-9-23(22)20-37)21-38(28)30(40)27(35-32(43)46-25-13-16-45-17-14-25)11-5-3-1-2-4-10-24-19-34(24,36-29)31(41)42/h6-9,24-28H,1-5,10-21H2,(H,35,43)(H,36,39)(H,41,42)/t24-,26-,27+,28+,34-/m1/s1. The molecule has 3 saturated heterocycles. The SMILES string of the molecule is O=C(N[C@H]1CCCCCCC[C@@H]2C[C@@]2(C(=O)O)NC(=O)[C@@H]2C[C@@H](OC(=O)N3CCc4ccccc4C3)CN2C1=O)OC1CCOCC1. The third-order valence-electron chi connectivity index (χ3n) is 10.4. The minimum Gasteiger partial charge on any atom is -0.479 e. The Balaban J connectivity index is 1.19. The average Bonchev–Trinajstić information content (AvgIpc) is 3.60. The van der Waals surface area contributed by atoms with E-state index in [1.807, 2.05) is 24.3 Å². The second kappa shape index (κ2) is 14.5. The van der Waals surface area contributed by atoms with Crippen molar-refractivity contribution in [1.29, 1.82) is 0 Å². The van der Waals surface area contributed by atoms with Gasteiger partial charge in [0.15, 0.2) is 0 Å². The number of carbonyl (C=O) groups is 5. The summed E-state index contributed by atoms with van der Waals surface area (Å²) in [6.07, 6.45) is 5.12. The Morgan fingerprint density at radius 3 is 2.43 bits per heavy atom. The number of nitrogens with zero attached hydrogens (tertiary/aromatic N) is 2. The highest BCUT2D eigenvalue weighted by molar-refractivity contribution is 5.96. The summed E-state index contributed by atoms with van der Waals surface area (Å²) in [6.45, 7) is 1.82. The molecule has 6 rings (SSSR count). The van der Waals surface area contributed by atoms with Crippen molar-refractivity contribution in [2.75, 3.05) is 26.3 Å². The zero-order valence-corrected chi connectivity index (χ0v) is 26.8. The van der Waals surface area contributed by atoms with Crippen LogP contribution in [0.25, 0.3) is 0 Å². The number of nitrogens with one attached hydrogen (secondary N) is 2. The number of ether oxygens (including phenoxy) is 3. The smallest absolute Gasteiger partial charge is 0.410 e. The van der Waals surface area contributed by atoms with Crippen molar-refractivity contribution in [1.82, 2.24) is 20.4 Å². The van der Waals surface area contributed by atoms with Gasteiger partial charge in [0, 0.05) is 32.4 Å². The van der Waals surface area contributed by atoms with Gasteiger partial charge in [-0.25, -0.2) is 14.4 Å². The number of hydrogen-bond acceptors (Lipinski definition) is 8. The third-order valence-corrected chi connectivity index (χ3v) is 10.4. The van der Waals surface area contributed by atoms with Crippen LogP contribution in [-0.2, 0) is 41.6 Å². The number of fused-ring (bicyclic) bond motifs is 3. The maximum absolute atomic E-state index is 14.2. The number of rotatable bonds is 4. The highest BCUT2D eigenvalue weighted by Gasteiger charge is 2.62. The summed E-state index contributed by atoms with van der Waals surface area (Å²) in [5.74, 6) is -2.33. The lowest BCUT2D eigenvalue weighted by molar-refractivity contribution is -0.146. The number of benzene rings is 1. The maximum atomic E-state index is 14.2. The fraction of sp³-hybridized carbons (Fsp3) is 0.676. The first-order valence-electron chi connectivity index (χ1n) is 17.2. The minimum atomic E-state index is -1.37. The molecule has 0 bridgehead atoms. The first kappa shape index (κ1) is 33.0. The van der Waals surface area contributed by atoms with Gasteiger partial charge in [-0.1, -0.05) is 56.4 Å². The molecule has 0 spiro atoms. The Hall–Kier alpha value is -3.87. The van der Waals surface area contributed by atoms with E-state index in [1.165, 1.54) is 10.5 Å². The van der Waals surface area contributed by atoms with E-state index in [-0.39, 0.29) is 25.0 Å². The first-order valence-corrected chi connectivity index (χ1v) is 17.2. The molecule has 0 aromatic heterocycles. The van der Waals surface area contributed by atoms with E-state index in [9.17, 15) is 29.1 Å². The highest BCUT2D eigenvalue weighted by atomic mass is 16.6. The van der Waals surface area contributed by atoms with Crippen molar-refractivity contribution in [3.63, 3.8) is 0 Å². The molecule has 13 nitrogen and oxygen atoms in total. The van der Waals surface area contributed by atoms with Crippen LogP contribution in [0.5, 0.6) is 0 Å². The van der Waals surface area contributed by atoms with Crippen LogP contribution >= 0.6 is 0 Å². The molecule has 4 heterocycles. The summed E-state index contributed by atoms with van der Waals surface area (Å²) < 4.78 is 16.9. The largest absolute Gasteiger partial charge is 0.479 e. The lowest BCUT2D eigenvalue weighted by Gasteiger charge is -2.30. The van der Waals surface area contributed by atoms with Gasteiger partial charge in [-0.05, 0) is 42.7 Å². The summed E-state index contributed by atoms with van der Waals surface area (Å²) >= 11 is 0. The Bertz CT molecular complexity index is 1350. The van der Waals surface area contributed by atoms with E-state index in [1.54, 1.807) is 4.90 Å². The van der Waals surface area contributed by atoms with E-state index >= 15 is 0 Å². The van der Waals surface area contributed by atoms with Gasteiger partial charge in [-0.15, -0.1) is 0 Å². The third kappa shape index (κ3) is 7.66. The van der Waals surface area contributed by atoms with Crippen LogP contribution in [0.1, 0.15) is 81.8 Å². The Kier molecular flexibility index (Phi) is 10.2. The zero-order chi connectivity index (χ0) is 33.0. The maximum Gasteiger partial charge on any atom is 0.410 e. The van der Waals surface area contributed by atoms with Crippen LogP contribution in [0.2, 0.25) is 0 Å². The Labute approximate surface area is 274 Å².